The van der Waals surface area contributed by atoms with Crippen molar-refractivity contribution < 1.29 is 13.2 Å². The molecule has 0 aliphatic heterocycles. The Labute approximate surface area is 133 Å². The van der Waals surface area contributed by atoms with Crippen LogP contribution in [0, 0.1) is 5.92 Å². The Morgan fingerprint density at radius 2 is 1.82 bits per heavy atom. The fraction of sp³-hybridized carbons (Fsp3) is 0.562. The average molecular weight is 326 g/mol. The van der Waals surface area contributed by atoms with E-state index < -0.39 is 15.4 Å². The molecule has 1 amide bonds. The average Bonchev–Trinajstić information content (AvgIpc) is 2.36. The summed E-state index contributed by atoms with van der Waals surface area (Å²) in [6.45, 7) is 6.46. The van der Waals surface area contributed by atoms with Gasteiger partial charge in [-0.25, -0.2) is 8.42 Å². The van der Waals surface area contributed by atoms with E-state index in [2.05, 4.69) is 19.2 Å². The van der Waals surface area contributed by atoms with Crippen molar-refractivity contribution >= 4 is 15.7 Å². The first-order valence-electron chi connectivity index (χ1n) is 7.34. The Hall–Kier alpha value is -1.40. The summed E-state index contributed by atoms with van der Waals surface area (Å²) >= 11 is 0. The van der Waals surface area contributed by atoms with Gasteiger partial charge < -0.3 is 11.1 Å². The molecule has 5 nitrogen and oxygen atoms in total. The van der Waals surface area contributed by atoms with Gasteiger partial charge in [-0.3, -0.25) is 4.79 Å². The van der Waals surface area contributed by atoms with Crippen LogP contribution in [0.5, 0.6) is 0 Å². The standard InChI is InChI=1S/C16H26N2O3S/c1-12(2)9-16(3,11-17)18-15(19)14-7-5-13(6-8-14)10-22(4,20)21/h5-8,12H,9-11,17H2,1-4H3,(H,18,19). The highest BCUT2D eigenvalue weighted by Gasteiger charge is 2.26. The lowest BCUT2D eigenvalue weighted by atomic mass is 9.90. The van der Waals surface area contributed by atoms with Crippen LogP contribution in [0.1, 0.15) is 43.1 Å². The Balaban J connectivity index is 2.81. The molecule has 0 saturated heterocycles. The molecule has 22 heavy (non-hydrogen) atoms. The van der Waals surface area contributed by atoms with Gasteiger partial charge in [-0.15, -0.1) is 0 Å². The number of benzene rings is 1. The van der Waals surface area contributed by atoms with Crippen molar-refractivity contribution in [1.82, 2.24) is 5.32 Å². The fourth-order valence-electron chi connectivity index (χ4n) is 2.49. The smallest absolute Gasteiger partial charge is 0.251 e. The van der Waals surface area contributed by atoms with Gasteiger partial charge in [0.05, 0.1) is 5.75 Å². The number of rotatable bonds is 7. The summed E-state index contributed by atoms with van der Waals surface area (Å²) < 4.78 is 22.5. The number of hydrogen-bond donors (Lipinski definition) is 2. The molecule has 6 heteroatoms. The summed E-state index contributed by atoms with van der Waals surface area (Å²) in [7, 11) is -3.07. The van der Waals surface area contributed by atoms with Gasteiger partial charge in [-0.1, -0.05) is 26.0 Å². The van der Waals surface area contributed by atoms with E-state index in [1.54, 1.807) is 24.3 Å². The second kappa shape index (κ2) is 7.24. The highest BCUT2D eigenvalue weighted by atomic mass is 32.2. The number of nitrogens with one attached hydrogen (secondary N) is 1. The third-order valence-electron chi connectivity index (χ3n) is 3.37. The van der Waals surface area contributed by atoms with Gasteiger partial charge in [0.2, 0.25) is 0 Å². The maximum atomic E-state index is 12.3. The topological polar surface area (TPSA) is 89.3 Å². The second-order valence-corrected chi connectivity index (χ2v) is 8.72. The molecule has 124 valence electrons. The number of sulfone groups is 1. The molecule has 3 N–H and O–H groups in total. The van der Waals surface area contributed by atoms with Crippen LogP contribution in [0.25, 0.3) is 0 Å². The molecule has 0 aliphatic rings. The number of carbonyl (C=O) groups excluding carboxylic acids is 1. The summed E-state index contributed by atoms with van der Waals surface area (Å²) in [5.74, 6) is 0.202. The van der Waals surface area contributed by atoms with Crippen LogP contribution in [0.3, 0.4) is 0 Å². The zero-order valence-electron chi connectivity index (χ0n) is 13.7. The third-order valence-corrected chi connectivity index (χ3v) is 4.23. The summed E-state index contributed by atoms with van der Waals surface area (Å²) in [6.07, 6.45) is 1.98. The maximum Gasteiger partial charge on any atom is 0.251 e. The minimum atomic E-state index is -3.07. The normalized spacial score (nSPS) is 14.6. The van der Waals surface area contributed by atoms with E-state index in [-0.39, 0.29) is 11.7 Å². The lowest BCUT2D eigenvalue weighted by Crippen LogP contribution is -2.52. The molecule has 0 spiro atoms. The Kier molecular flexibility index (Phi) is 6.14. The molecule has 0 bridgehead atoms. The van der Waals surface area contributed by atoms with Crippen molar-refractivity contribution in [2.45, 2.75) is 38.5 Å². The van der Waals surface area contributed by atoms with Crippen LogP contribution in [0.15, 0.2) is 24.3 Å². The SMILES string of the molecule is CC(C)CC(C)(CN)NC(=O)c1ccc(CS(C)(=O)=O)cc1. The first-order valence-corrected chi connectivity index (χ1v) is 9.40. The van der Waals surface area contributed by atoms with E-state index in [4.69, 9.17) is 5.73 Å². The number of carbonyl (C=O) groups is 1. The Bertz CT molecular complexity index is 609. The summed E-state index contributed by atoms with van der Waals surface area (Å²) in [5.41, 5.74) is 6.52. The van der Waals surface area contributed by atoms with Crippen LogP contribution >= 0.6 is 0 Å². The molecule has 0 saturated carbocycles. The van der Waals surface area contributed by atoms with Crippen LogP contribution in [0.2, 0.25) is 0 Å². The van der Waals surface area contributed by atoms with Gasteiger partial charge in [0.1, 0.15) is 0 Å². The molecule has 1 unspecified atom stereocenters. The van der Waals surface area contributed by atoms with E-state index in [0.29, 0.717) is 23.6 Å². The van der Waals surface area contributed by atoms with E-state index >= 15 is 0 Å². The monoisotopic (exact) mass is 326 g/mol. The van der Waals surface area contributed by atoms with Crippen LogP contribution in [-0.2, 0) is 15.6 Å². The predicted molar refractivity (Wildman–Crippen MR) is 89.4 cm³/mol. The quantitative estimate of drug-likeness (QED) is 0.798. The van der Waals surface area contributed by atoms with Crippen LogP contribution in [0.4, 0.5) is 0 Å². The van der Waals surface area contributed by atoms with Crippen molar-refractivity contribution in [2.75, 3.05) is 12.8 Å². The van der Waals surface area contributed by atoms with Gasteiger partial charge in [0, 0.05) is 23.9 Å². The lowest BCUT2D eigenvalue weighted by Gasteiger charge is -2.31. The Morgan fingerprint density at radius 3 is 2.23 bits per heavy atom. The van der Waals surface area contributed by atoms with Gasteiger partial charge in [-0.05, 0) is 37.0 Å². The molecule has 0 aromatic heterocycles. The van der Waals surface area contributed by atoms with Gasteiger partial charge >= 0.3 is 0 Å². The summed E-state index contributed by atoms with van der Waals surface area (Å²) in [5, 5.41) is 2.98. The first kappa shape index (κ1) is 18.6. The second-order valence-electron chi connectivity index (χ2n) is 6.58. The largest absolute Gasteiger partial charge is 0.346 e. The minimum absolute atomic E-state index is 0.0250. The minimum Gasteiger partial charge on any atom is -0.346 e. The molecule has 0 fully saturated rings. The number of amides is 1. The van der Waals surface area contributed by atoms with E-state index in [1.807, 2.05) is 6.92 Å². The van der Waals surface area contributed by atoms with Crippen LogP contribution < -0.4 is 11.1 Å². The molecule has 0 aliphatic carbocycles. The highest BCUT2D eigenvalue weighted by Crippen LogP contribution is 2.16. The van der Waals surface area contributed by atoms with Gasteiger partial charge in [0.25, 0.3) is 5.91 Å². The van der Waals surface area contributed by atoms with Crippen molar-refractivity contribution in [3.05, 3.63) is 35.4 Å². The molecule has 0 heterocycles. The highest BCUT2D eigenvalue weighted by molar-refractivity contribution is 7.89. The third kappa shape index (κ3) is 6.15. The lowest BCUT2D eigenvalue weighted by molar-refractivity contribution is 0.0898. The predicted octanol–water partition coefficient (Wildman–Crippen LogP) is 1.72. The van der Waals surface area contributed by atoms with Crippen LogP contribution in [-0.4, -0.2) is 32.7 Å². The Morgan fingerprint density at radius 1 is 1.27 bits per heavy atom. The van der Waals surface area contributed by atoms with Crippen molar-refractivity contribution in [2.24, 2.45) is 11.7 Å². The zero-order chi connectivity index (χ0) is 17.0. The molecular weight excluding hydrogens is 300 g/mol. The molecular formula is C16H26N2O3S. The van der Waals surface area contributed by atoms with Gasteiger partial charge in [0.15, 0.2) is 9.84 Å². The van der Waals surface area contributed by atoms with Gasteiger partial charge in [-0.2, -0.15) is 0 Å². The number of hydrogen-bond acceptors (Lipinski definition) is 4. The molecule has 1 rings (SSSR count). The zero-order valence-corrected chi connectivity index (χ0v) is 14.5. The van der Waals surface area contributed by atoms with E-state index in [0.717, 1.165) is 6.42 Å². The molecule has 1 aromatic rings. The van der Waals surface area contributed by atoms with Crippen molar-refractivity contribution in [3.8, 4) is 0 Å². The van der Waals surface area contributed by atoms with Crippen molar-refractivity contribution in [3.63, 3.8) is 0 Å². The van der Waals surface area contributed by atoms with E-state index in [9.17, 15) is 13.2 Å². The molecule has 1 atom stereocenters. The fourth-order valence-corrected chi connectivity index (χ4v) is 3.29. The molecule has 0 radical (unpaired) electrons. The molecule has 1 aromatic carbocycles. The summed E-state index contributed by atoms with van der Waals surface area (Å²) in [4.78, 5) is 12.3. The number of nitrogens with two attached hydrogens (primary N) is 1. The van der Waals surface area contributed by atoms with Crippen molar-refractivity contribution in [1.29, 1.82) is 0 Å². The first-order chi connectivity index (χ1) is 10.0. The summed E-state index contributed by atoms with van der Waals surface area (Å²) in [6, 6.07) is 6.61. The maximum absolute atomic E-state index is 12.3. The van der Waals surface area contributed by atoms with E-state index in [1.165, 1.54) is 6.26 Å².